The first-order chi connectivity index (χ1) is 8.95. The van der Waals surface area contributed by atoms with Gasteiger partial charge in [-0.05, 0) is 6.07 Å². The summed E-state index contributed by atoms with van der Waals surface area (Å²) in [5.74, 6) is 0.795. The zero-order valence-corrected chi connectivity index (χ0v) is 9.83. The van der Waals surface area contributed by atoms with Gasteiger partial charge >= 0.3 is 0 Å². The quantitative estimate of drug-likeness (QED) is 0.447. The monoisotopic (exact) mass is 261 g/mol. The molecule has 0 heterocycles. The molecular weight excluding hydrogens is 250 g/mol. The van der Waals surface area contributed by atoms with Crippen molar-refractivity contribution in [3.8, 4) is 12.3 Å². The zero-order valence-electron chi connectivity index (χ0n) is 9.83. The van der Waals surface area contributed by atoms with Crippen LogP contribution in [0.5, 0.6) is 0 Å². The summed E-state index contributed by atoms with van der Waals surface area (Å²) in [7, 11) is 0. The molecule has 0 aliphatic heterocycles. The summed E-state index contributed by atoms with van der Waals surface area (Å²) in [6, 6.07) is 4.10. The molecule has 0 saturated carbocycles. The number of benzene rings is 1. The first-order valence-corrected chi connectivity index (χ1v) is 5.23. The third kappa shape index (κ3) is 3.81. The van der Waals surface area contributed by atoms with Gasteiger partial charge < -0.3 is 11.1 Å². The Hall–Kier alpha value is -2.88. The second kappa shape index (κ2) is 6.16. The second-order valence-corrected chi connectivity index (χ2v) is 3.64. The molecule has 98 valence electrons. The highest BCUT2D eigenvalue weighted by atomic mass is 16.6. The van der Waals surface area contributed by atoms with E-state index in [0.717, 1.165) is 6.07 Å². The molecule has 1 aromatic carbocycles. The number of hydrogen-bond acceptors (Lipinski definition) is 4. The van der Waals surface area contributed by atoms with E-state index in [-0.39, 0.29) is 17.7 Å². The topological polar surface area (TPSA) is 115 Å². The lowest BCUT2D eigenvalue weighted by Crippen LogP contribution is -2.44. The molecular formula is C12H11N3O4. The number of nitro groups is 1. The number of rotatable bonds is 5. The molecule has 7 heteroatoms. The lowest BCUT2D eigenvalue weighted by atomic mass is 10.1. The van der Waals surface area contributed by atoms with Crippen molar-refractivity contribution >= 4 is 17.5 Å². The maximum absolute atomic E-state index is 11.8. The Morgan fingerprint density at radius 3 is 2.74 bits per heavy atom. The van der Waals surface area contributed by atoms with Gasteiger partial charge in [-0.1, -0.05) is 6.07 Å². The fraction of sp³-hybridized carbons (Fsp3) is 0.167. The molecule has 0 fully saturated rings. The molecule has 0 aliphatic carbocycles. The standard InChI is InChI=1S/C12H11N3O4/c1-2-4-10(11(13)16)14-12(17)8-5-3-6-9(7-8)15(18)19/h1,3,5-7,10H,4H2,(H2,13,16)(H,14,17)/t10-/m1/s1. The average molecular weight is 261 g/mol. The van der Waals surface area contributed by atoms with Crippen LogP contribution in [0.25, 0.3) is 0 Å². The Bertz CT molecular complexity index is 562. The molecule has 0 aromatic heterocycles. The first-order valence-electron chi connectivity index (χ1n) is 5.23. The highest BCUT2D eigenvalue weighted by molar-refractivity contribution is 5.97. The number of nitrogens with one attached hydrogen (secondary N) is 1. The van der Waals surface area contributed by atoms with Crippen molar-refractivity contribution in [1.29, 1.82) is 0 Å². The number of nitrogens with zero attached hydrogens (tertiary/aromatic N) is 1. The van der Waals surface area contributed by atoms with E-state index >= 15 is 0 Å². The van der Waals surface area contributed by atoms with Crippen LogP contribution in [-0.4, -0.2) is 22.8 Å². The summed E-state index contributed by atoms with van der Waals surface area (Å²) < 4.78 is 0. The van der Waals surface area contributed by atoms with E-state index in [1.165, 1.54) is 18.2 Å². The molecule has 0 aliphatic rings. The molecule has 7 nitrogen and oxygen atoms in total. The van der Waals surface area contributed by atoms with Crippen LogP contribution in [0.1, 0.15) is 16.8 Å². The van der Waals surface area contributed by atoms with Crippen LogP contribution in [0.3, 0.4) is 0 Å². The van der Waals surface area contributed by atoms with E-state index in [4.69, 9.17) is 12.2 Å². The van der Waals surface area contributed by atoms with Crippen LogP contribution in [0.2, 0.25) is 0 Å². The number of carbonyl (C=O) groups is 2. The van der Waals surface area contributed by atoms with Crippen molar-refractivity contribution in [3.05, 3.63) is 39.9 Å². The summed E-state index contributed by atoms with van der Waals surface area (Å²) >= 11 is 0. The third-order valence-corrected chi connectivity index (χ3v) is 2.29. The van der Waals surface area contributed by atoms with Crippen LogP contribution >= 0.6 is 0 Å². The Kier molecular flexibility index (Phi) is 4.60. The van der Waals surface area contributed by atoms with E-state index in [9.17, 15) is 19.7 Å². The minimum absolute atomic E-state index is 0.0456. The largest absolute Gasteiger partial charge is 0.368 e. The second-order valence-electron chi connectivity index (χ2n) is 3.64. The molecule has 0 radical (unpaired) electrons. The Morgan fingerprint density at radius 2 is 2.21 bits per heavy atom. The maximum atomic E-state index is 11.8. The van der Waals surface area contributed by atoms with E-state index in [2.05, 4.69) is 11.2 Å². The van der Waals surface area contributed by atoms with Crippen LogP contribution < -0.4 is 11.1 Å². The summed E-state index contributed by atoms with van der Waals surface area (Å²) in [6.07, 6.45) is 5.00. The van der Waals surface area contributed by atoms with Gasteiger partial charge in [0, 0.05) is 24.1 Å². The molecule has 3 N–H and O–H groups in total. The van der Waals surface area contributed by atoms with E-state index in [0.29, 0.717) is 0 Å². The van der Waals surface area contributed by atoms with Gasteiger partial charge in [-0.25, -0.2) is 0 Å². The minimum atomic E-state index is -1.00. The minimum Gasteiger partial charge on any atom is -0.368 e. The molecule has 1 rings (SSSR count). The van der Waals surface area contributed by atoms with E-state index in [1.54, 1.807) is 0 Å². The molecule has 2 amide bonds. The van der Waals surface area contributed by atoms with Gasteiger partial charge in [0.1, 0.15) is 6.04 Å². The molecule has 0 spiro atoms. The SMILES string of the molecule is C#CC[C@@H](NC(=O)c1cccc([N+](=O)[O-])c1)C(N)=O. The molecule has 0 bridgehead atoms. The number of nitro benzene ring substituents is 1. The van der Waals surface area contributed by atoms with Gasteiger partial charge in [-0.2, -0.15) is 0 Å². The van der Waals surface area contributed by atoms with Gasteiger partial charge in [-0.3, -0.25) is 19.7 Å². The number of terminal acetylenes is 1. The van der Waals surface area contributed by atoms with Gasteiger partial charge in [-0.15, -0.1) is 12.3 Å². The van der Waals surface area contributed by atoms with Gasteiger partial charge in [0.2, 0.25) is 5.91 Å². The van der Waals surface area contributed by atoms with Crippen LogP contribution in [0.15, 0.2) is 24.3 Å². The number of amides is 2. The zero-order chi connectivity index (χ0) is 14.4. The third-order valence-electron chi connectivity index (χ3n) is 2.29. The lowest BCUT2D eigenvalue weighted by Gasteiger charge is -2.12. The number of non-ortho nitro benzene ring substituents is 1. The average Bonchev–Trinajstić information content (AvgIpc) is 2.38. The molecule has 19 heavy (non-hydrogen) atoms. The molecule has 1 aromatic rings. The molecule has 0 saturated heterocycles. The van der Waals surface area contributed by atoms with Crippen molar-refractivity contribution < 1.29 is 14.5 Å². The highest BCUT2D eigenvalue weighted by Crippen LogP contribution is 2.13. The highest BCUT2D eigenvalue weighted by Gasteiger charge is 2.19. The molecule has 0 unspecified atom stereocenters. The van der Waals surface area contributed by atoms with Crippen LogP contribution in [0, 0.1) is 22.5 Å². The Morgan fingerprint density at radius 1 is 1.53 bits per heavy atom. The summed E-state index contributed by atoms with van der Waals surface area (Å²) in [4.78, 5) is 32.8. The lowest BCUT2D eigenvalue weighted by molar-refractivity contribution is -0.384. The predicted molar refractivity (Wildman–Crippen MR) is 67.0 cm³/mol. The smallest absolute Gasteiger partial charge is 0.270 e. The van der Waals surface area contributed by atoms with E-state index < -0.39 is 22.8 Å². The number of carbonyl (C=O) groups excluding carboxylic acids is 2. The van der Waals surface area contributed by atoms with Crippen LogP contribution in [-0.2, 0) is 4.79 Å². The number of primary amides is 1. The van der Waals surface area contributed by atoms with E-state index in [1.807, 2.05) is 0 Å². The van der Waals surface area contributed by atoms with Gasteiger partial charge in [0.05, 0.1) is 4.92 Å². The summed E-state index contributed by atoms with van der Waals surface area (Å²) in [5, 5.41) is 12.9. The summed E-state index contributed by atoms with van der Waals surface area (Å²) in [6.45, 7) is 0. The van der Waals surface area contributed by atoms with Crippen molar-refractivity contribution in [2.75, 3.05) is 0 Å². The summed E-state index contributed by atoms with van der Waals surface area (Å²) in [5.41, 5.74) is 4.90. The van der Waals surface area contributed by atoms with Crippen molar-refractivity contribution in [3.63, 3.8) is 0 Å². The van der Waals surface area contributed by atoms with Crippen molar-refractivity contribution in [2.45, 2.75) is 12.5 Å². The molecule has 1 atom stereocenters. The Labute approximate surface area is 108 Å². The predicted octanol–water partition coefficient (Wildman–Crippen LogP) is 0.202. The normalized spacial score (nSPS) is 11.1. The van der Waals surface area contributed by atoms with Crippen LogP contribution in [0.4, 0.5) is 5.69 Å². The fourth-order valence-corrected chi connectivity index (χ4v) is 1.34. The fourth-order valence-electron chi connectivity index (χ4n) is 1.34. The van der Waals surface area contributed by atoms with Crippen molar-refractivity contribution in [2.24, 2.45) is 5.73 Å². The first kappa shape index (κ1) is 14.2. The van der Waals surface area contributed by atoms with Crippen molar-refractivity contribution in [1.82, 2.24) is 5.32 Å². The van der Waals surface area contributed by atoms with Gasteiger partial charge in [0.25, 0.3) is 11.6 Å². The number of nitrogens with two attached hydrogens (primary N) is 1. The maximum Gasteiger partial charge on any atom is 0.270 e. The number of hydrogen-bond donors (Lipinski definition) is 2. The Balaban J connectivity index is 2.89. The van der Waals surface area contributed by atoms with Gasteiger partial charge in [0.15, 0.2) is 0 Å².